The van der Waals surface area contributed by atoms with E-state index in [1.165, 1.54) is 5.56 Å². The number of nitrogens with zero attached hydrogens (tertiary/aromatic N) is 2. The van der Waals surface area contributed by atoms with Crippen LogP contribution in [-0.4, -0.2) is 29.8 Å². The highest BCUT2D eigenvalue weighted by Crippen LogP contribution is 2.20. The van der Waals surface area contributed by atoms with Gasteiger partial charge in [-0.1, -0.05) is 42.1 Å². The molecule has 126 valence electrons. The van der Waals surface area contributed by atoms with Crippen molar-refractivity contribution in [1.29, 1.82) is 0 Å². The van der Waals surface area contributed by atoms with Crippen LogP contribution in [0.2, 0.25) is 0 Å². The van der Waals surface area contributed by atoms with Gasteiger partial charge in [-0.05, 0) is 18.9 Å². The number of hydrogen-bond donors (Lipinski definition) is 2. The standard InChI is InChI=1S/C16H22N4S2.HI/c1-2-17-15(20-13-14-7-4-3-5-8-14)18-9-6-11-21-16-19-10-12-22-16;/h3-5,7-8,10,12H,2,6,9,11,13H2,1H3,(H2,17,18,20);1H. The van der Waals surface area contributed by atoms with Gasteiger partial charge in [0.15, 0.2) is 5.96 Å². The minimum Gasteiger partial charge on any atom is -0.357 e. The van der Waals surface area contributed by atoms with Gasteiger partial charge in [-0.25, -0.2) is 9.98 Å². The predicted molar refractivity (Wildman–Crippen MR) is 112 cm³/mol. The number of benzene rings is 1. The maximum absolute atomic E-state index is 4.61. The Kier molecular flexibility index (Phi) is 11.1. The van der Waals surface area contributed by atoms with Crippen LogP contribution >= 0.6 is 47.1 Å². The lowest BCUT2D eigenvalue weighted by Crippen LogP contribution is -2.37. The lowest BCUT2D eigenvalue weighted by Gasteiger charge is -2.11. The Bertz CT molecular complexity index is 546. The molecule has 1 heterocycles. The maximum atomic E-state index is 4.61. The molecule has 0 fully saturated rings. The summed E-state index contributed by atoms with van der Waals surface area (Å²) in [6, 6.07) is 10.3. The fourth-order valence-electron chi connectivity index (χ4n) is 1.82. The van der Waals surface area contributed by atoms with Gasteiger partial charge in [0, 0.05) is 30.4 Å². The molecule has 7 heteroatoms. The number of halogens is 1. The lowest BCUT2D eigenvalue weighted by atomic mass is 10.2. The van der Waals surface area contributed by atoms with Gasteiger partial charge in [0.1, 0.15) is 4.34 Å². The van der Waals surface area contributed by atoms with Crippen molar-refractivity contribution in [2.75, 3.05) is 18.8 Å². The van der Waals surface area contributed by atoms with E-state index in [-0.39, 0.29) is 24.0 Å². The molecule has 4 nitrogen and oxygen atoms in total. The summed E-state index contributed by atoms with van der Waals surface area (Å²) in [4.78, 5) is 8.88. The highest BCUT2D eigenvalue weighted by atomic mass is 127. The molecule has 0 aliphatic rings. The third-order valence-electron chi connectivity index (χ3n) is 2.86. The number of rotatable bonds is 8. The van der Waals surface area contributed by atoms with Crippen LogP contribution in [0.4, 0.5) is 0 Å². The third kappa shape index (κ3) is 8.57. The normalized spacial score (nSPS) is 10.9. The molecule has 23 heavy (non-hydrogen) atoms. The molecule has 0 bridgehead atoms. The van der Waals surface area contributed by atoms with Crippen LogP contribution in [0.3, 0.4) is 0 Å². The fourth-order valence-corrected chi connectivity index (χ4v) is 3.46. The second-order valence-corrected chi connectivity index (χ2v) is 6.84. The van der Waals surface area contributed by atoms with Crippen LogP contribution in [0.15, 0.2) is 51.2 Å². The highest BCUT2D eigenvalue weighted by molar-refractivity contribution is 14.0. The Morgan fingerprint density at radius 3 is 2.78 bits per heavy atom. The summed E-state index contributed by atoms with van der Waals surface area (Å²) in [5.74, 6) is 1.95. The summed E-state index contributed by atoms with van der Waals surface area (Å²) in [6.45, 7) is 4.57. The molecule has 2 aromatic rings. The van der Waals surface area contributed by atoms with E-state index in [1.807, 2.05) is 41.5 Å². The molecule has 0 spiro atoms. The topological polar surface area (TPSA) is 49.3 Å². The fraction of sp³-hybridized carbons (Fsp3) is 0.375. The first kappa shape index (κ1) is 20.2. The number of hydrogen-bond acceptors (Lipinski definition) is 4. The number of aromatic nitrogens is 1. The first-order chi connectivity index (χ1) is 10.9. The van der Waals surface area contributed by atoms with Gasteiger partial charge < -0.3 is 10.6 Å². The van der Waals surface area contributed by atoms with E-state index >= 15 is 0 Å². The molecule has 0 atom stereocenters. The molecule has 0 saturated carbocycles. The first-order valence-corrected chi connectivity index (χ1v) is 9.33. The smallest absolute Gasteiger partial charge is 0.191 e. The molecule has 0 unspecified atom stereocenters. The zero-order valence-corrected chi connectivity index (χ0v) is 17.2. The summed E-state index contributed by atoms with van der Waals surface area (Å²) in [5, 5.41) is 8.67. The van der Waals surface area contributed by atoms with E-state index in [4.69, 9.17) is 0 Å². The molecule has 2 rings (SSSR count). The first-order valence-electron chi connectivity index (χ1n) is 7.47. The molecular weight excluding hydrogens is 439 g/mol. The second kappa shape index (κ2) is 12.6. The van der Waals surface area contributed by atoms with Gasteiger partial charge in [0.05, 0.1) is 6.54 Å². The lowest BCUT2D eigenvalue weighted by molar-refractivity contribution is 0.789. The van der Waals surface area contributed by atoms with E-state index < -0.39 is 0 Å². The van der Waals surface area contributed by atoms with Crippen molar-refractivity contribution in [3.05, 3.63) is 47.5 Å². The number of thiazole rings is 1. The summed E-state index contributed by atoms with van der Waals surface area (Å²) < 4.78 is 1.14. The predicted octanol–water partition coefficient (Wildman–Crippen LogP) is 4.00. The number of aliphatic imine (C=N–C) groups is 1. The van der Waals surface area contributed by atoms with Crippen molar-refractivity contribution in [2.24, 2.45) is 4.99 Å². The minimum atomic E-state index is 0. The molecule has 0 saturated heterocycles. The third-order valence-corrected chi connectivity index (χ3v) is 4.91. The van der Waals surface area contributed by atoms with Crippen LogP contribution < -0.4 is 10.6 Å². The van der Waals surface area contributed by atoms with E-state index in [0.717, 1.165) is 35.6 Å². The Morgan fingerprint density at radius 1 is 1.26 bits per heavy atom. The van der Waals surface area contributed by atoms with E-state index in [9.17, 15) is 0 Å². The number of thioether (sulfide) groups is 1. The molecule has 1 aromatic carbocycles. The van der Waals surface area contributed by atoms with Crippen LogP contribution in [0.25, 0.3) is 0 Å². The Balaban J connectivity index is 0.00000264. The molecule has 2 N–H and O–H groups in total. The van der Waals surface area contributed by atoms with Crippen LogP contribution in [-0.2, 0) is 6.54 Å². The van der Waals surface area contributed by atoms with Gasteiger partial charge in [-0.15, -0.1) is 35.3 Å². The highest BCUT2D eigenvalue weighted by Gasteiger charge is 1.99. The summed E-state index contributed by atoms with van der Waals surface area (Å²) in [5.41, 5.74) is 1.22. The van der Waals surface area contributed by atoms with Crippen LogP contribution in [0, 0.1) is 0 Å². The van der Waals surface area contributed by atoms with Gasteiger partial charge in [0.25, 0.3) is 0 Å². The SMILES string of the molecule is CCNC(=NCc1ccccc1)NCCCSc1nccs1.I. The summed E-state index contributed by atoms with van der Waals surface area (Å²) in [7, 11) is 0. The molecule has 0 aliphatic carbocycles. The zero-order chi connectivity index (χ0) is 15.5. The van der Waals surface area contributed by atoms with Crippen molar-refractivity contribution in [2.45, 2.75) is 24.2 Å². The van der Waals surface area contributed by atoms with E-state index in [2.05, 4.69) is 39.7 Å². The van der Waals surface area contributed by atoms with E-state index in [1.54, 1.807) is 11.3 Å². The number of nitrogens with one attached hydrogen (secondary N) is 2. The van der Waals surface area contributed by atoms with Gasteiger partial charge in [0.2, 0.25) is 0 Å². The van der Waals surface area contributed by atoms with Crippen molar-refractivity contribution >= 4 is 53.0 Å². The molecule has 0 amide bonds. The zero-order valence-electron chi connectivity index (χ0n) is 13.2. The average Bonchev–Trinajstić information content (AvgIpc) is 3.06. The average molecular weight is 462 g/mol. The van der Waals surface area contributed by atoms with Crippen molar-refractivity contribution in [1.82, 2.24) is 15.6 Å². The Labute approximate surface area is 163 Å². The van der Waals surface area contributed by atoms with Crippen molar-refractivity contribution < 1.29 is 0 Å². The minimum absolute atomic E-state index is 0. The Morgan fingerprint density at radius 2 is 2.09 bits per heavy atom. The van der Waals surface area contributed by atoms with Crippen molar-refractivity contribution in [3.8, 4) is 0 Å². The van der Waals surface area contributed by atoms with Gasteiger partial charge in [-0.3, -0.25) is 0 Å². The second-order valence-electron chi connectivity index (χ2n) is 4.61. The number of guanidine groups is 1. The molecule has 1 aromatic heterocycles. The Hall–Kier alpha value is -0.800. The summed E-state index contributed by atoms with van der Waals surface area (Å²) in [6.07, 6.45) is 2.94. The molecule has 0 aliphatic heterocycles. The summed E-state index contributed by atoms with van der Waals surface area (Å²) >= 11 is 3.51. The van der Waals surface area contributed by atoms with Crippen LogP contribution in [0.5, 0.6) is 0 Å². The van der Waals surface area contributed by atoms with E-state index in [0.29, 0.717) is 6.54 Å². The van der Waals surface area contributed by atoms with Gasteiger partial charge >= 0.3 is 0 Å². The van der Waals surface area contributed by atoms with Crippen molar-refractivity contribution in [3.63, 3.8) is 0 Å². The maximum Gasteiger partial charge on any atom is 0.191 e. The quantitative estimate of drug-likeness (QED) is 0.205. The monoisotopic (exact) mass is 462 g/mol. The molecule has 0 radical (unpaired) electrons. The van der Waals surface area contributed by atoms with Gasteiger partial charge in [-0.2, -0.15) is 0 Å². The largest absolute Gasteiger partial charge is 0.357 e. The van der Waals surface area contributed by atoms with Crippen LogP contribution in [0.1, 0.15) is 18.9 Å². The molecular formula is C16H23IN4S2.